The largest absolute Gasteiger partial charge is 0.477 e. The second-order valence-electron chi connectivity index (χ2n) is 21.2. The van der Waals surface area contributed by atoms with Crippen LogP contribution in [0, 0.1) is 0 Å². The Bertz CT molecular complexity index is 2220. The SMILES string of the molecule is CC(=O)N[C@@H]1[C@@H](O[C@@H]2O[C@H](CO)[C@H](O)[C@H](O[C@H]3O[C@H](CO)[C@H](O)[C@H](O)[C@H]3NC(C)=O)[C@H]2O)[C@@H](O)[C@@H](CO[C@@H]2O[C@H](CO)[C@@H](O[C@@H]3O[C@H](CO)[C@H](O)[C@H](O[C@]4(C(=O)O)C[C@H](O)[C@@H](NC(C)=O)[C@H]([C@H](O)[C@H](O)CO)O4)[C@H]3O)[C@H](O)[C@H]2NC(C)=O)O[C@H]1O. The molecule has 31 atom stereocenters. The van der Waals surface area contributed by atoms with Crippen LogP contribution in [0.15, 0.2) is 0 Å². The fourth-order valence-corrected chi connectivity index (χ4v) is 10.7. The molecule has 6 aliphatic heterocycles. The van der Waals surface area contributed by atoms with Crippen LogP contribution >= 0.6 is 0 Å². The summed E-state index contributed by atoms with van der Waals surface area (Å²) in [6.07, 6.45) is -53.1. The maximum absolute atomic E-state index is 13.0. The lowest BCUT2D eigenvalue weighted by atomic mass is 9.88. The maximum atomic E-state index is 13.0. The van der Waals surface area contributed by atoms with E-state index >= 15 is 0 Å². The minimum atomic E-state index is -3.19. The molecule has 0 unspecified atom stereocenters. The Morgan fingerprint density at radius 1 is 0.482 bits per heavy atom. The van der Waals surface area contributed by atoms with Gasteiger partial charge in [0.05, 0.1) is 51.8 Å². The van der Waals surface area contributed by atoms with Gasteiger partial charge >= 0.3 is 5.97 Å². The van der Waals surface area contributed by atoms with Gasteiger partial charge in [-0.15, -0.1) is 0 Å². The van der Waals surface area contributed by atoms with Crippen LogP contribution in [0.25, 0.3) is 0 Å². The van der Waals surface area contributed by atoms with E-state index in [1.54, 1.807) is 0 Å². The van der Waals surface area contributed by atoms with Gasteiger partial charge in [-0.2, -0.15) is 0 Å². The summed E-state index contributed by atoms with van der Waals surface area (Å²) in [5, 5.41) is 205. The molecule has 38 nitrogen and oxygen atoms in total. The van der Waals surface area contributed by atoms with Crippen molar-refractivity contribution in [3.63, 3.8) is 0 Å². The third-order valence-electron chi connectivity index (χ3n) is 15.0. The molecular formula is C47H78N4O34. The van der Waals surface area contributed by atoms with Gasteiger partial charge in [0.25, 0.3) is 5.79 Å². The van der Waals surface area contributed by atoms with E-state index in [1.807, 2.05) is 0 Å². The average Bonchev–Trinajstić information content (AvgIpc) is 3.63. The Morgan fingerprint density at radius 2 is 0.918 bits per heavy atom. The van der Waals surface area contributed by atoms with Gasteiger partial charge in [-0.25, -0.2) is 4.79 Å². The summed E-state index contributed by atoms with van der Waals surface area (Å²) < 4.78 is 63.2. The lowest BCUT2D eigenvalue weighted by molar-refractivity contribution is -0.383. The Balaban J connectivity index is 1.21. The first-order chi connectivity index (χ1) is 40.0. The molecule has 4 amide bonds. The monoisotopic (exact) mass is 1240 g/mol. The van der Waals surface area contributed by atoms with Crippen LogP contribution in [0.3, 0.4) is 0 Å². The number of carbonyl (C=O) groups is 5. The lowest BCUT2D eigenvalue weighted by Crippen LogP contribution is -2.71. The molecule has 6 rings (SSSR count). The summed E-state index contributed by atoms with van der Waals surface area (Å²) in [5.41, 5.74) is 0. The quantitative estimate of drug-likeness (QED) is 0.0452. The number of carboxylic acids is 1. The fraction of sp³-hybridized carbons (Fsp3) is 0.894. The summed E-state index contributed by atoms with van der Waals surface area (Å²) in [6, 6.07) is -6.80. The van der Waals surface area contributed by atoms with Crippen molar-refractivity contribution >= 4 is 29.6 Å². The number of hydrogen-bond acceptors (Lipinski definition) is 33. The Morgan fingerprint density at radius 3 is 1.44 bits per heavy atom. The van der Waals surface area contributed by atoms with E-state index in [0.29, 0.717) is 0 Å². The molecule has 38 heteroatoms. The van der Waals surface area contributed by atoms with Crippen LogP contribution in [-0.4, -0.2) is 351 Å². The standard InChI is InChI=1S/C47H78N4O34/c1-12(57)48-23-16(61)5-47(46(73)74,84-38(23)27(63)17(62)6-52)85-40-30(66)20(9-55)79-45(35(40)71)81-36-21(10-56)80-42(25(33(36)69)50-14(3)59)75-11-22-31(67)37(26(41(72)76-22)51-15(4)60)82-44-34(70)39(29(65)19(8-54)78-44)83-43-24(49-13(2)58)32(68)28(64)18(7-53)77-43/h16-45,52-56,61-72H,5-11H2,1-4H3,(H,48,57)(H,49,58)(H,50,59)(H,51,60)(H,73,74)/t16-,17+,18+,19+,20+,21+,22+,23+,24+,25+,26+,27+,28-,29-,30-,31-,32+,33+,34+,35+,36+,37+,38+,39-,40-,41+,42+,43+,44-,45-,47-/m0/s1. The zero-order chi connectivity index (χ0) is 63.3. The molecule has 85 heavy (non-hydrogen) atoms. The first-order valence-corrected chi connectivity index (χ1v) is 26.7. The highest BCUT2D eigenvalue weighted by molar-refractivity contribution is 5.77. The van der Waals surface area contributed by atoms with Gasteiger partial charge in [0.1, 0.15) is 140 Å². The van der Waals surface area contributed by atoms with Gasteiger partial charge in [-0.1, -0.05) is 0 Å². The molecule has 6 heterocycles. The van der Waals surface area contributed by atoms with Crippen molar-refractivity contribution in [1.29, 1.82) is 0 Å². The molecule has 0 aromatic heterocycles. The molecule has 0 aromatic carbocycles. The first-order valence-electron chi connectivity index (χ1n) is 26.7. The number of ether oxygens (including phenoxy) is 11. The molecule has 0 aromatic rings. The second kappa shape index (κ2) is 30.2. The van der Waals surface area contributed by atoms with E-state index in [4.69, 9.17) is 52.1 Å². The van der Waals surface area contributed by atoms with Crippen molar-refractivity contribution in [3.8, 4) is 0 Å². The smallest absolute Gasteiger partial charge is 0.364 e. The molecule has 490 valence electrons. The van der Waals surface area contributed by atoms with Crippen LogP contribution in [0.5, 0.6) is 0 Å². The molecule has 6 aliphatic rings. The first kappa shape index (κ1) is 70.3. The van der Waals surface area contributed by atoms with Crippen molar-refractivity contribution in [2.75, 3.05) is 39.6 Å². The molecule has 0 aliphatic carbocycles. The fourth-order valence-electron chi connectivity index (χ4n) is 10.7. The number of aliphatic hydroxyl groups is 17. The van der Waals surface area contributed by atoms with Crippen LogP contribution in [0.2, 0.25) is 0 Å². The minimum Gasteiger partial charge on any atom is -0.477 e. The predicted octanol–water partition coefficient (Wildman–Crippen LogP) is -14.3. The van der Waals surface area contributed by atoms with Gasteiger partial charge in [0.2, 0.25) is 23.6 Å². The Kier molecular flexibility index (Phi) is 24.9. The number of carboxylic acid groups (broad SMARTS) is 1. The summed E-state index contributed by atoms with van der Waals surface area (Å²) in [7, 11) is 0. The molecule has 6 fully saturated rings. The van der Waals surface area contributed by atoms with Crippen LogP contribution in [-0.2, 0) is 76.1 Å². The number of hydrogen-bond donors (Lipinski definition) is 22. The van der Waals surface area contributed by atoms with Gasteiger partial charge in [-0.05, 0) is 0 Å². The normalized spacial score (nSPS) is 45.0. The highest BCUT2D eigenvalue weighted by Gasteiger charge is 2.61. The Hall–Kier alpha value is -3.77. The number of amides is 4. The minimum absolute atomic E-state index is 0.766. The topological polar surface area (TPSA) is 599 Å². The molecule has 6 saturated heterocycles. The predicted molar refractivity (Wildman–Crippen MR) is 263 cm³/mol. The highest BCUT2D eigenvalue weighted by Crippen LogP contribution is 2.39. The van der Waals surface area contributed by atoms with Gasteiger partial charge in [0, 0.05) is 34.1 Å². The van der Waals surface area contributed by atoms with Crippen LogP contribution in [0.4, 0.5) is 0 Å². The molecule has 0 radical (unpaired) electrons. The average molecular weight is 1240 g/mol. The molecular weight excluding hydrogens is 1160 g/mol. The van der Waals surface area contributed by atoms with Gasteiger partial charge in [-0.3, -0.25) is 19.2 Å². The number of rotatable bonds is 23. The summed E-state index contributed by atoms with van der Waals surface area (Å²) >= 11 is 0. The molecule has 0 spiro atoms. The van der Waals surface area contributed by atoms with Crippen molar-refractivity contribution in [2.45, 2.75) is 224 Å². The van der Waals surface area contributed by atoms with Crippen molar-refractivity contribution < 1.29 is 168 Å². The Labute approximate surface area is 481 Å². The van der Waals surface area contributed by atoms with Crippen LogP contribution in [0.1, 0.15) is 34.1 Å². The number of nitrogens with one attached hydrogen (secondary N) is 4. The highest BCUT2D eigenvalue weighted by atomic mass is 16.8. The summed E-state index contributed by atoms with van der Waals surface area (Å²) in [6.45, 7) is -2.18. The zero-order valence-corrected chi connectivity index (χ0v) is 45.9. The zero-order valence-electron chi connectivity index (χ0n) is 45.9. The van der Waals surface area contributed by atoms with Crippen molar-refractivity contribution in [3.05, 3.63) is 0 Å². The van der Waals surface area contributed by atoms with E-state index < -0.39 is 265 Å². The van der Waals surface area contributed by atoms with Gasteiger partial charge < -0.3 is 165 Å². The number of aliphatic carboxylic acids is 1. The van der Waals surface area contributed by atoms with Crippen LogP contribution < -0.4 is 21.3 Å². The summed E-state index contributed by atoms with van der Waals surface area (Å²) in [5.74, 6) is -8.58. The molecule has 0 saturated carbocycles. The number of carbonyl (C=O) groups excluding carboxylic acids is 4. The van der Waals surface area contributed by atoms with Gasteiger partial charge in [0.15, 0.2) is 31.5 Å². The van der Waals surface area contributed by atoms with Crippen molar-refractivity contribution in [2.24, 2.45) is 0 Å². The van der Waals surface area contributed by atoms with E-state index in [-0.39, 0.29) is 0 Å². The maximum Gasteiger partial charge on any atom is 0.364 e. The lowest BCUT2D eigenvalue weighted by Gasteiger charge is -2.51. The van der Waals surface area contributed by atoms with E-state index in [9.17, 15) is 116 Å². The van der Waals surface area contributed by atoms with E-state index in [2.05, 4.69) is 21.3 Å². The molecule has 0 bridgehead atoms. The third-order valence-corrected chi connectivity index (χ3v) is 15.0. The van der Waals surface area contributed by atoms with E-state index in [0.717, 1.165) is 27.7 Å². The second-order valence-corrected chi connectivity index (χ2v) is 21.2. The third kappa shape index (κ3) is 15.8. The molecule has 22 N–H and O–H groups in total. The number of aliphatic hydroxyl groups excluding tert-OH is 17. The summed E-state index contributed by atoms with van der Waals surface area (Å²) in [4.78, 5) is 62.3. The van der Waals surface area contributed by atoms with E-state index in [1.165, 1.54) is 0 Å². The van der Waals surface area contributed by atoms with Crippen molar-refractivity contribution in [1.82, 2.24) is 21.3 Å².